The molecule has 1 aliphatic rings. The number of carbonyl (C=O) groups is 1. The van der Waals surface area contributed by atoms with E-state index in [9.17, 15) is 4.79 Å². The van der Waals surface area contributed by atoms with Crippen molar-refractivity contribution in [3.63, 3.8) is 0 Å². The molecular formula is C23H21NO. The van der Waals surface area contributed by atoms with Gasteiger partial charge in [-0.25, -0.2) is 0 Å². The highest BCUT2D eigenvalue weighted by Gasteiger charge is 2.30. The van der Waals surface area contributed by atoms with Crippen LogP contribution in [0.5, 0.6) is 0 Å². The van der Waals surface area contributed by atoms with E-state index in [2.05, 4.69) is 54.6 Å². The third-order valence-electron chi connectivity index (χ3n) is 5.06. The zero-order valence-corrected chi connectivity index (χ0v) is 14.4. The Balaban J connectivity index is 1.76. The maximum atomic E-state index is 13.0. The lowest BCUT2D eigenvalue weighted by atomic mass is 9.87. The van der Waals surface area contributed by atoms with Crippen LogP contribution < -0.4 is 0 Å². The second-order valence-corrected chi connectivity index (χ2v) is 6.63. The van der Waals surface area contributed by atoms with Crippen LogP contribution in [0.25, 0.3) is 11.1 Å². The molecule has 2 heteroatoms. The van der Waals surface area contributed by atoms with Gasteiger partial charge in [-0.3, -0.25) is 4.79 Å². The van der Waals surface area contributed by atoms with Gasteiger partial charge in [0.15, 0.2) is 0 Å². The van der Waals surface area contributed by atoms with Crippen LogP contribution in [0.1, 0.15) is 22.6 Å². The zero-order valence-electron chi connectivity index (χ0n) is 14.4. The maximum Gasteiger partial charge on any atom is 0.234 e. The monoisotopic (exact) mass is 327 g/mol. The molecule has 0 unspecified atom stereocenters. The Kier molecular flexibility index (Phi) is 4.10. The van der Waals surface area contributed by atoms with Crippen molar-refractivity contribution < 1.29 is 4.79 Å². The molecule has 0 N–H and O–H groups in total. The fourth-order valence-electron chi connectivity index (χ4n) is 3.62. The molecule has 0 bridgehead atoms. The minimum Gasteiger partial charge on any atom is -0.345 e. The van der Waals surface area contributed by atoms with E-state index in [4.69, 9.17) is 0 Å². The van der Waals surface area contributed by atoms with Gasteiger partial charge in [0.2, 0.25) is 5.91 Å². The Bertz CT molecular complexity index is 883. The van der Waals surface area contributed by atoms with E-state index < -0.39 is 0 Å². The summed E-state index contributed by atoms with van der Waals surface area (Å²) in [4.78, 5) is 14.8. The first-order valence-electron chi connectivity index (χ1n) is 8.72. The molecule has 1 amide bonds. The number of fused-ring (bicyclic) bond motifs is 1. The summed E-state index contributed by atoms with van der Waals surface area (Å²) in [5.74, 6) is -0.0362. The van der Waals surface area contributed by atoms with Crippen LogP contribution in [0.4, 0.5) is 0 Å². The first kappa shape index (κ1) is 15.6. The number of amides is 1. The molecule has 2 nitrogen and oxygen atoms in total. The first-order valence-corrected chi connectivity index (χ1v) is 8.72. The summed E-state index contributed by atoms with van der Waals surface area (Å²) in [6.45, 7) is 0.772. The molecule has 1 aliphatic heterocycles. The van der Waals surface area contributed by atoms with Crippen molar-refractivity contribution in [1.29, 1.82) is 0 Å². The van der Waals surface area contributed by atoms with Crippen LogP contribution in [-0.4, -0.2) is 24.4 Å². The standard InChI is InChI=1S/C23H21NO/c1-24-16-15-19-9-5-6-10-21(19)22(23(24)25)20-13-11-18(12-14-20)17-7-3-2-4-8-17/h2-14,22H,15-16H2,1H3/t22-/m1/s1. The third kappa shape index (κ3) is 2.96. The number of benzene rings is 3. The highest BCUT2D eigenvalue weighted by atomic mass is 16.2. The SMILES string of the molecule is CN1CCc2ccccc2[C@@H](c2ccc(-c3ccccc3)cc2)C1=O. The predicted molar refractivity (Wildman–Crippen MR) is 102 cm³/mol. The smallest absolute Gasteiger partial charge is 0.234 e. The molecule has 4 rings (SSSR count). The van der Waals surface area contributed by atoms with E-state index in [1.54, 1.807) is 0 Å². The molecule has 0 fully saturated rings. The zero-order chi connectivity index (χ0) is 17.2. The lowest BCUT2D eigenvalue weighted by Gasteiger charge is -2.21. The maximum absolute atomic E-state index is 13.0. The second kappa shape index (κ2) is 6.56. The molecule has 25 heavy (non-hydrogen) atoms. The fourth-order valence-corrected chi connectivity index (χ4v) is 3.62. The van der Waals surface area contributed by atoms with E-state index in [1.165, 1.54) is 16.7 Å². The average molecular weight is 327 g/mol. The Morgan fingerprint density at radius 1 is 0.800 bits per heavy atom. The van der Waals surface area contributed by atoms with Crippen molar-refractivity contribution >= 4 is 5.91 Å². The highest BCUT2D eigenvalue weighted by molar-refractivity contribution is 5.88. The quantitative estimate of drug-likeness (QED) is 0.678. The van der Waals surface area contributed by atoms with Crippen LogP contribution >= 0.6 is 0 Å². The molecule has 1 heterocycles. The molecular weight excluding hydrogens is 306 g/mol. The fraction of sp³-hybridized carbons (Fsp3) is 0.174. The van der Waals surface area contributed by atoms with Gasteiger partial charge in [-0.1, -0.05) is 78.9 Å². The molecule has 1 atom stereocenters. The van der Waals surface area contributed by atoms with Crippen molar-refractivity contribution in [3.8, 4) is 11.1 Å². The van der Waals surface area contributed by atoms with Crippen molar-refractivity contribution in [2.45, 2.75) is 12.3 Å². The van der Waals surface area contributed by atoms with Crippen molar-refractivity contribution in [2.24, 2.45) is 0 Å². The third-order valence-corrected chi connectivity index (χ3v) is 5.06. The highest BCUT2D eigenvalue weighted by Crippen LogP contribution is 2.33. The normalized spacial score (nSPS) is 17.1. The summed E-state index contributed by atoms with van der Waals surface area (Å²) < 4.78 is 0. The Labute approximate surface area is 148 Å². The van der Waals surface area contributed by atoms with Gasteiger partial charge in [0.1, 0.15) is 0 Å². The number of rotatable bonds is 2. The van der Waals surface area contributed by atoms with Gasteiger partial charge >= 0.3 is 0 Å². The summed E-state index contributed by atoms with van der Waals surface area (Å²) in [6.07, 6.45) is 0.914. The van der Waals surface area contributed by atoms with Gasteiger partial charge in [0.05, 0.1) is 5.92 Å². The Morgan fingerprint density at radius 2 is 1.44 bits per heavy atom. The number of carbonyl (C=O) groups excluding carboxylic acids is 1. The van der Waals surface area contributed by atoms with Gasteiger partial charge in [-0.05, 0) is 34.2 Å². The summed E-state index contributed by atoms with van der Waals surface area (Å²) in [7, 11) is 1.90. The largest absolute Gasteiger partial charge is 0.345 e. The molecule has 0 saturated heterocycles. The number of hydrogen-bond donors (Lipinski definition) is 0. The summed E-state index contributed by atoms with van der Waals surface area (Å²) in [5, 5.41) is 0. The molecule has 0 saturated carbocycles. The molecule has 3 aromatic rings. The lowest BCUT2D eigenvalue weighted by Crippen LogP contribution is -2.31. The Hall–Kier alpha value is -2.87. The van der Waals surface area contributed by atoms with E-state index >= 15 is 0 Å². The van der Waals surface area contributed by atoms with E-state index in [1.807, 2.05) is 36.2 Å². The number of hydrogen-bond acceptors (Lipinski definition) is 1. The van der Waals surface area contributed by atoms with E-state index in [0.717, 1.165) is 24.1 Å². The molecule has 3 aromatic carbocycles. The second-order valence-electron chi connectivity index (χ2n) is 6.63. The summed E-state index contributed by atoms with van der Waals surface area (Å²) in [5.41, 5.74) is 5.85. The summed E-state index contributed by atoms with van der Waals surface area (Å²) in [6, 6.07) is 27.1. The Morgan fingerprint density at radius 3 is 2.20 bits per heavy atom. The van der Waals surface area contributed by atoms with Crippen molar-refractivity contribution in [1.82, 2.24) is 4.90 Å². The predicted octanol–water partition coefficient (Wildman–Crippen LogP) is 4.50. The molecule has 0 aromatic heterocycles. The number of likely N-dealkylation sites (N-methyl/N-ethyl adjacent to an activating group) is 1. The van der Waals surface area contributed by atoms with Crippen LogP contribution in [0.15, 0.2) is 78.9 Å². The first-order chi connectivity index (χ1) is 12.2. The van der Waals surface area contributed by atoms with E-state index in [-0.39, 0.29) is 11.8 Å². The van der Waals surface area contributed by atoms with Gasteiger partial charge in [0.25, 0.3) is 0 Å². The van der Waals surface area contributed by atoms with Crippen LogP contribution in [0.3, 0.4) is 0 Å². The number of nitrogens with zero attached hydrogens (tertiary/aromatic N) is 1. The van der Waals surface area contributed by atoms with E-state index in [0.29, 0.717) is 0 Å². The van der Waals surface area contributed by atoms with Crippen LogP contribution in [0.2, 0.25) is 0 Å². The molecule has 0 spiro atoms. The van der Waals surface area contributed by atoms with Crippen molar-refractivity contribution in [3.05, 3.63) is 95.6 Å². The van der Waals surface area contributed by atoms with Gasteiger partial charge in [-0.2, -0.15) is 0 Å². The minimum atomic E-state index is -0.214. The minimum absolute atomic E-state index is 0.178. The molecule has 124 valence electrons. The lowest BCUT2D eigenvalue weighted by molar-refractivity contribution is -0.130. The van der Waals surface area contributed by atoms with Crippen molar-refractivity contribution in [2.75, 3.05) is 13.6 Å². The topological polar surface area (TPSA) is 20.3 Å². The van der Waals surface area contributed by atoms with Crippen LogP contribution in [0, 0.1) is 0 Å². The molecule has 0 aliphatic carbocycles. The molecule has 0 radical (unpaired) electrons. The van der Waals surface area contributed by atoms with Crippen LogP contribution in [-0.2, 0) is 11.2 Å². The average Bonchev–Trinajstić information content (AvgIpc) is 2.80. The van der Waals surface area contributed by atoms with Gasteiger partial charge in [0, 0.05) is 13.6 Å². The van der Waals surface area contributed by atoms with Gasteiger partial charge in [-0.15, -0.1) is 0 Å². The summed E-state index contributed by atoms with van der Waals surface area (Å²) >= 11 is 0. The van der Waals surface area contributed by atoms with Gasteiger partial charge < -0.3 is 4.90 Å².